The fourth-order valence-corrected chi connectivity index (χ4v) is 7.32. The van der Waals surface area contributed by atoms with E-state index in [1.54, 1.807) is 31.2 Å². The van der Waals surface area contributed by atoms with Crippen molar-refractivity contribution in [3.8, 4) is 10.6 Å². The van der Waals surface area contributed by atoms with Gasteiger partial charge in [0.2, 0.25) is 0 Å². The summed E-state index contributed by atoms with van der Waals surface area (Å²) in [6.07, 6.45) is -3.02. The Morgan fingerprint density at radius 3 is 2.55 bits per heavy atom. The lowest BCUT2D eigenvalue weighted by Gasteiger charge is -2.35. The van der Waals surface area contributed by atoms with Crippen LogP contribution in [0, 0.1) is 6.92 Å². The number of piperazine rings is 1. The van der Waals surface area contributed by atoms with Gasteiger partial charge in [-0.25, -0.2) is 18.4 Å². The summed E-state index contributed by atoms with van der Waals surface area (Å²) in [5.41, 5.74) is -0.937. The lowest BCUT2D eigenvalue weighted by atomic mass is 10.1. The fraction of sp³-hybridized carbons (Fsp3) is 0.375. The van der Waals surface area contributed by atoms with Gasteiger partial charge in [0.05, 0.1) is 22.2 Å². The van der Waals surface area contributed by atoms with E-state index in [9.17, 15) is 21.6 Å². The maximum absolute atomic E-state index is 13.5. The molecule has 0 bridgehead atoms. The van der Waals surface area contributed by atoms with Crippen molar-refractivity contribution in [2.75, 3.05) is 38.0 Å². The van der Waals surface area contributed by atoms with Crippen LogP contribution in [0.3, 0.4) is 0 Å². The highest BCUT2D eigenvalue weighted by Crippen LogP contribution is 2.36. The Balaban J connectivity index is 1.23. The third kappa shape index (κ3) is 5.39. The first kappa shape index (κ1) is 26.5. The molecule has 202 valence electrons. The van der Waals surface area contributed by atoms with E-state index in [-0.39, 0.29) is 21.6 Å². The lowest BCUT2D eigenvalue weighted by molar-refractivity contribution is -0.136. The number of aryl methyl sites for hydroxylation is 1. The molecule has 9 nitrogen and oxygen atoms in total. The van der Waals surface area contributed by atoms with Crippen LogP contribution >= 0.6 is 11.3 Å². The van der Waals surface area contributed by atoms with Crippen LogP contribution in [-0.4, -0.2) is 71.5 Å². The molecule has 0 amide bonds. The molecule has 1 unspecified atom stereocenters. The molecule has 1 aliphatic heterocycles. The van der Waals surface area contributed by atoms with Gasteiger partial charge in [0, 0.05) is 50.2 Å². The molecule has 1 saturated heterocycles. The molecule has 4 heterocycles. The molecule has 5 rings (SSSR count). The highest BCUT2D eigenvalue weighted by Gasteiger charge is 2.34. The normalized spacial score (nSPS) is 16.7. The van der Waals surface area contributed by atoms with Gasteiger partial charge < -0.3 is 9.84 Å². The Labute approximate surface area is 221 Å². The molecule has 1 aliphatic rings. The molecule has 4 aromatic rings. The lowest BCUT2D eigenvalue weighted by Crippen LogP contribution is -2.50. The molecule has 14 heteroatoms. The number of fused-ring (bicyclic) bond motifs is 1. The number of halogens is 3. The summed E-state index contributed by atoms with van der Waals surface area (Å²) < 4.78 is 73.7. The predicted octanol–water partition coefficient (Wildman–Crippen LogP) is 4.48. The van der Waals surface area contributed by atoms with E-state index in [2.05, 4.69) is 25.3 Å². The first-order chi connectivity index (χ1) is 18.0. The largest absolute Gasteiger partial charge is 0.418 e. The summed E-state index contributed by atoms with van der Waals surface area (Å²) in [7, 11) is -3.64. The average molecular weight is 567 g/mol. The van der Waals surface area contributed by atoms with Crippen molar-refractivity contribution in [1.82, 2.24) is 24.3 Å². The standard InChI is InChI=1S/C24H25F3N6O3S2/c1-15(29-23-17-4-3-5-18(24(25,26)27)22(17)30-16(2)31-23)14-32-10-12-33(13-11-32)38(34,35)21-7-6-20(37-21)19-8-9-28-36-19/h3-9,15H,10-14H2,1-2H3,(H,29,30,31). The van der Waals surface area contributed by atoms with Crippen LogP contribution in [0.5, 0.6) is 0 Å². The average Bonchev–Trinajstić information content (AvgIpc) is 3.56. The second kappa shape index (κ2) is 10.2. The highest BCUT2D eigenvalue weighted by molar-refractivity contribution is 7.91. The Bertz CT molecular complexity index is 1530. The third-order valence-electron chi connectivity index (χ3n) is 6.25. The van der Waals surface area contributed by atoms with E-state index in [4.69, 9.17) is 4.52 Å². The second-order valence-corrected chi connectivity index (χ2v) is 12.3. The summed E-state index contributed by atoms with van der Waals surface area (Å²) in [6, 6.07) is 8.74. The van der Waals surface area contributed by atoms with E-state index in [1.165, 1.54) is 16.6 Å². The minimum Gasteiger partial charge on any atom is -0.366 e. The monoisotopic (exact) mass is 566 g/mol. The fourth-order valence-electron chi connectivity index (χ4n) is 4.48. The maximum atomic E-state index is 13.5. The number of nitrogens with zero attached hydrogens (tertiary/aromatic N) is 5. The number of aromatic nitrogens is 3. The van der Waals surface area contributed by atoms with Crippen molar-refractivity contribution in [1.29, 1.82) is 0 Å². The summed E-state index contributed by atoms with van der Waals surface area (Å²) in [6.45, 7) is 5.73. The van der Waals surface area contributed by atoms with Gasteiger partial charge in [-0.2, -0.15) is 17.5 Å². The van der Waals surface area contributed by atoms with Crippen molar-refractivity contribution in [3.05, 3.63) is 54.0 Å². The van der Waals surface area contributed by atoms with E-state index in [1.807, 2.05) is 6.92 Å². The van der Waals surface area contributed by atoms with Gasteiger partial charge in [-0.15, -0.1) is 11.3 Å². The summed E-state index contributed by atoms with van der Waals surface area (Å²) in [5.74, 6) is 1.10. The summed E-state index contributed by atoms with van der Waals surface area (Å²) >= 11 is 1.14. The number of alkyl halides is 3. The Kier molecular flexibility index (Phi) is 7.15. The van der Waals surface area contributed by atoms with E-state index in [0.717, 1.165) is 17.4 Å². The van der Waals surface area contributed by atoms with Gasteiger partial charge in [-0.05, 0) is 38.1 Å². The van der Waals surface area contributed by atoms with Gasteiger partial charge in [0.15, 0.2) is 5.76 Å². The van der Waals surface area contributed by atoms with Crippen LogP contribution in [0.25, 0.3) is 21.5 Å². The molecule has 1 fully saturated rings. The van der Waals surface area contributed by atoms with Gasteiger partial charge in [0.1, 0.15) is 15.9 Å². The number of hydrogen-bond donors (Lipinski definition) is 1. The minimum atomic E-state index is -4.52. The molecule has 3 aromatic heterocycles. The van der Waals surface area contributed by atoms with E-state index < -0.39 is 21.8 Å². The molecular formula is C24H25F3N6O3S2. The van der Waals surface area contributed by atoms with Gasteiger partial charge in [-0.1, -0.05) is 11.2 Å². The minimum absolute atomic E-state index is 0.138. The molecule has 0 aliphatic carbocycles. The Hall–Kier alpha value is -3.07. The van der Waals surface area contributed by atoms with E-state index >= 15 is 0 Å². The third-order valence-corrected chi connectivity index (χ3v) is 9.71. The SMILES string of the molecule is Cc1nc(NC(C)CN2CCN(S(=O)(=O)c3ccc(-c4ccno4)s3)CC2)c2cccc(C(F)(F)F)c2n1. The summed E-state index contributed by atoms with van der Waals surface area (Å²) in [5, 5.41) is 7.19. The molecule has 1 atom stereocenters. The topological polar surface area (TPSA) is 104 Å². The Morgan fingerprint density at radius 2 is 1.87 bits per heavy atom. The second-order valence-electron chi connectivity index (χ2n) is 9.06. The molecule has 1 aromatic carbocycles. The quantitative estimate of drug-likeness (QED) is 0.349. The predicted molar refractivity (Wildman–Crippen MR) is 137 cm³/mol. The number of anilines is 1. The molecule has 0 spiro atoms. The first-order valence-electron chi connectivity index (χ1n) is 11.9. The molecular weight excluding hydrogens is 541 g/mol. The van der Waals surface area contributed by atoms with Gasteiger partial charge in [0.25, 0.3) is 10.0 Å². The number of hydrogen-bond acceptors (Lipinski definition) is 9. The van der Waals surface area contributed by atoms with Crippen molar-refractivity contribution >= 4 is 38.1 Å². The number of thiophene rings is 1. The van der Waals surface area contributed by atoms with Gasteiger partial charge in [-0.3, -0.25) is 4.90 Å². The smallest absolute Gasteiger partial charge is 0.366 e. The Morgan fingerprint density at radius 1 is 1.11 bits per heavy atom. The zero-order valence-corrected chi connectivity index (χ0v) is 22.2. The number of rotatable bonds is 7. The van der Waals surface area contributed by atoms with Crippen LogP contribution in [0.2, 0.25) is 0 Å². The van der Waals surface area contributed by atoms with E-state index in [0.29, 0.717) is 54.6 Å². The van der Waals surface area contributed by atoms with Crippen LogP contribution < -0.4 is 5.32 Å². The van der Waals surface area contributed by atoms with Crippen LogP contribution in [0.4, 0.5) is 19.0 Å². The van der Waals surface area contributed by atoms with Crippen molar-refractivity contribution in [3.63, 3.8) is 0 Å². The molecule has 1 N–H and O–H groups in total. The molecule has 0 radical (unpaired) electrons. The van der Waals surface area contributed by atoms with Crippen molar-refractivity contribution in [2.45, 2.75) is 30.3 Å². The molecule has 0 saturated carbocycles. The first-order valence-corrected chi connectivity index (χ1v) is 14.1. The molecule has 38 heavy (non-hydrogen) atoms. The zero-order valence-electron chi connectivity index (χ0n) is 20.6. The van der Waals surface area contributed by atoms with Gasteiger partial charge >= 0.3 is 6.18 Å². The number of nitrogens with one attached hydrogen (secondary N) is 1. The zero-order chi connectivity index (χ0) is 27.1. The van der Waals surface area contributed by atoms with Crippen LogP contribution in [-0.2, 0) is 16.2 Å². The number of para-hydroxylation sites is 1. The van der Waals surface area contributed by atoms with Crippen molar-refractivity contribution < 1.29 is 26.1 Å². The van der Waals surface area contributed by atoms with Crippen molar-refractivity contribution in [2.24, 2.45) is 0 Å². The maximum Gasteiger partial charge on any atom is 0.418 e. The van der Waals surface area contributed by atoms with Crippen LogP contribution in [0.15, 0.2) is 51.3 Å². The number of benzene rings is 1. The summed E-state index contributed by atoms with van der Waals surface area (Å²) in [4.78, 5) is 11.2. The van der Waals surface area contributed by atoms with Crippen LogP contribution in [0.1, 0.15) is 18.3 Å². The highest BCUT2D eigenvalue weighted by atomic mass is 32.2. The number of sulfonamides is 1.